The van der Waals surface area contributed by atoms with Crippen molar-refractivity contribution < 1.29 is 9.32 Å². The van der Waals surface area contributed by atoms with E-state index >= 15 is 0 Å². The third-order valence-electron chi connectivity index (χ3n) is 2.75. The number of nitrogens with zero attached hydrogens (tertiary/aromatic N) is 2. The maximum absolute atomic E-state index is 11.6. The van der Waals surface area contributed by atoms with Gasteiger partial charge >= 0.3 is 0 Å². The van der Waals surface area contributed by atoms with E-state index in [1.54, 1.807) is 6.92 Å². The minimum Gasteiger partial charge on any atom is -0.353 e. The predicted octanol–water partition coefficient (Wildman–Crippen LogP) is 1.86. The van der Waals surface area contributed by atoms with Gasteiger partial charge < -0.3 is 9.84 Å². The highest BCUT2D eigenvalue weighted by molar-refractivity contribution is 5.76. The van der Waals surface area contributed by atoms with E-state index in [0.29, 0.717) is 30.5 Å². The molecule has 17 heavy (non-hydrogen) atoms. The SMILES string of the molecule is Cc1noc(CCCC(=O)NC(C)C(C)C)n1. The molecule has 1 heterocycles. The van der Waals surface area contributed by atoms with Gasteiger partial charge in [-0.05, 0) is 26.2 Å². The molecule has 0 aliphatic rings. The summed E-state index contributed by atoms with van der Waals surface area (Å²) in [5.74, 6) is 1.78. The van der Waals surface area contributed by atoms with Gasteiger partial charge in [0.2, 0.25) is 11.8 Å². The van der Waals surface area contributed by atoms with Crippen molar-refractivity contribution in [1.29, 1.82) is 0 Å². The van der Waals surface area contributed by atoms with E-state index in [4.69, 9.17) is 4.52 Å². The average Bonchev–Trinajstić information content (AvgIpc) is 2.64. The van der Waals surface area contributed by atoms with Gasteiger partial charge in [-0.15, -0.1) is 0 Å². The molecule has 1 N–H and O–H groups in total. The summed E-state index contributed by atoms with van der Waals surface area (Å²) in [5, 5.41) is 6.66. The average molecular weight is 239 g/mol. The number of rotatable bonds is 6. The molecule has 1 aromatic rings. The first-order valence-electron chi connectivity index (χ1n) is 6.07. The second-order valence-corrected chi connectivity index (χ2v) is 4.69. The molecular formula is C12H21N3O2. The Morgan fingerprint density at radius 3 is 2.65 bits per heavy atom. The monoisotopic (exact) mass is 239 g/mol. The van der Waals surface area contributed by atoms with E-state index in [-0.39, 0.29) is 11.9 Å². The highest BCUT2D eigenvalue weighted by Gasteiger charge is 2.11. The van der Waals surface area contributed by atoms with Gasteiger partial charge in [0.15, 0.2) is 5.82 Å². The van der Waals surface area contributed by atoms with Crippen molar-refractivity contribution in [3.05, 3.63) is 11.7 Å². The van der Waals surface area contributed by atoms with Crippen molar-refractivity contribution >= 4 is 5.91 Å². The molecule has 96 valence electrons. The van der Waals surface area contributed by atoms with E-state index in [9.17, 15) is 4.79 Å². The van der Waals surface area contributed by atoms with Gasteiger partial charge in [-0.3, -0.25) is 4.79 Å². The van der Waals surface area contributed by atoms with Crippen LogP contribution in [0.5, 0.6) is 0 Å². The van der Waals surface area contributed by atoms with Crippen molar-refractivity contribution in [2.75, 3.05) is 0 Å². The van der Waals surface area contributed by atoms with Gasteiger partial charge in [0.05, 0.1) is 0 Å². The van der Waals surface area contributed by atoms with Crippen LogP contribution >= 0.6 is 0 Å². The number of hydrogen-bond acceptors (Lipinski definition) is 4. The van der Waals surface area contributed by atoms with Crippen LogP contribution in [0.3, 0.4) is 0 Å². The van der Waals surface area contributed by atoms with Crippen molar-refractivity contribution in [3.63, 3.8) is 0 Å². The lowest BCUT2D eigenvalue weighted by Gasteiger charge is -2.17. The van der Waals surface area contributed by atoms with Gasteiger partial charge in [-0.2, -0.15) is 4.98 Å². The highest BCUT2D eigenvalue weighted by atomic mass is 16.5. The topological polar surface area (TPSA) is 68.0 Å². The molecule has 1 unspecified atom stereocenters. The number of aromatic nitrogens is 2. The van der Waals surface area contributed by atoms with Crippen LogP contribution in [0.1, 0.15) is 45.3 Å². The third-order valence-corrected chi connectivity index (χ3v) is 2.75. The molecule has 1 atom stereocenters. The van der Waals surface area contributed by atoms with Gasteiger partial charge in [-0.1, -0.05) is 19.0 Å². The minimum atomic E-state index is 0.0856. The summed E-state index contributed by atoms with van der Waals surface area (Å²) in [4.78, 5) is 15.7. The summed E-state index contributed by atoms with van der Waals surface area (Å²) in [5.41, 5.74) is 0. The summed E-state index contributed by atoms with van der Waals surface area (Å²) in [6.45, 7) is 7.98. The van der Waals surface area contributed by atoms with Crippen LogP contribution < -0.4 is 5.32 Å². The van der Waals surface area contributed by atoms with E-state index in [0.717, 1.165) is 6.42 Å². The van der Waals surface area contributed by atoms with E-state index in [1.165, 1.54) is 0 Å². The Balaban J connectivity index is 2.20. The van der Waals surface area contributed by atoms with Gasteiger partial charge in [0.25, 0.3) is 0 Å². The molecule has 0 bridgehead atoms. The number of carbonyl (C=O) groups is 1. The Kier molecular flexibility index (Phi) is 5.12. The summed E-state index contributed by atoms with van der Waals surface area (Å²) >= 11 is 0. The molecule has 0 fully saturated rings. The number of nitrogens with one attached hydrogen (secondary N) is 1. The largest absolute Gasteiger partial charge is 0.353 e. The van der Waals surface area contributed by atoms with Gasteiger partial charge in [0, 0.05) is 18.9 Å². The van der Waals surface area contributed by atoms with Crippen LogP contribution in [0.25, 0.3) is 0 Å². The van der Waals surface area contributed by atoms with Crippen molar-refractivity contribution in [3.8, 4) is 0 Å². The van der Waals surface area contributed by atoms with Crippen LogP contribution in [-0.4, -0.2) is 22.1 Å². The van der Waals surface area contributed by atoms with Gasteiger partial charge in [-0.25, -0.2) is 0 Å². The molecule has 0 aromatic carbocycles. The summed E-state index contributed by atoms with van der Waals surface area (Å²) in [6.07, 6.45) is 1.89. The van der Waals surface area contributed by atoms with Crippen LogP contribution in [0.4, 0.5) is 0 Å². The molecule has 5 nitrogen and oxygen atoms in total. The zero-order valence-corrected chi connectivity index (χ0v) is 11.0. The molecule has 0 radical (unpaired) electrons. The molecule has 0 saturated heterocycles. The molecular weight excluding hydrogens is 218 g/mol. The first kappa shape index (κ1) is 13.7. The molecule has 0 aliphatic carbocycles. The highest BCUT2D eigenvalue weighted by Crippen LogP contribution is 2.04. The van der Waals surface area contributed by atoms with Crippen LogP contribution in [0, 0.1) is 12.8 Å². The maximum atomic E-state index is 11.6. The molecule has 1 amide bonds. The maximum Gasteiger partial charge on any atom is 0.226 e. The molecule has 1 aromatic heterocycles. The first-order valence-corrected chi connectivity index (χ1v) is 6.07. The molecule has 0 saturated carbocycles. The molecule has 5 heteroatoms. The Morgan fingerprint density at radius 2 is 2.12 bits per heavy atom. The Bertz CT molecular complexity index is 360. The number of amides is 1. The van der Waals surface area contributed by atoms with Crippen LogP contribution in [-0.2, 0) is 11.2 Å². The smallest absolute Gasteiger partial charge is 0.226 e. The number of aryl methyl sites for hydroxylation is 2. The fourth-order valence-electron chi connectivity index (χ4n) is 1.33. The standard InChI is InChI=1S/C12H21N3O2/c1-8(2)9(3)13-11(16)6-5-7-12-14-10(4)15-17-12/h8-9H,5-7H2,1-4H3,(H,13,16). The second kappa shape index (κ2) is 6.37. The Morgan fingerprint density at radius 1 is 1.41 bits per heavy atom. The molecule has 0 spiro atoms. The fourth-order valence-corrected chi connectivity index (χ4v) is 1.33. The van der Waals surface area contributed by atoms with Crippen molar-refractivity contribution in [2.24, 2.45) is 5.92 Å². The predicted molar refractivity (Wildman–Crippen MR) is 64.4 cm³/mol. The summed E-state index contributed by atoms with van der Waals surface area (Å²) in [6, 6.07) is 0.216. The first-order chi connectivity index (χ1) is 7.99. The van der Waals surface area contributed by atoms with Gasteiger partial charge in [0.1, 0.15) is 0 Å². The lowest BCUT2D eigenvalue weighted by Crippen LogP contribution is -2.35. The quantitative estimate of drug-likeness (QED) is 0.822. The lowest BCUT2D eigenvalue weighted by molar-refractivity contribution is -0.122. The van der Waals surface area contributed by atoms with Crippen LogP contribution in [0.15, 0.2) is 4.52 Å². The zero-order chi connectivity index (χ0) is 12.8. The Labute approximate surface area is 102 Å². The lowest BCUT2D eigenvalue weighted by atomic mass is 10.1. The third kappa shape index (κ3) is 4.97. The number of carbonyl (C=O) groups excluding carboxylic acids is 1. The zero-order valence-electron chi connectivity index (χ0n) is 11.0. The van der Waals surface area contributed by atoms with Crippen molar-refractivity contribution in [2.45, 2.75) is 53.0 Å². The van der Waals surface area contributed by atoms with E-state index in [2.05, 4.69) is 29.3 Å². The fraction of sp³-hybridized carbons (Fsp3) is 0.750. The summed E-state index contributed by atoms with van der Waals surface area (Å²) in [7, 11) is 0. The van der Waals surface area contributed by atoms with E-state index < -0.39 is 0 Å². The number of hydrogen-bond donors (Lipinski definition) is 1. The minimum absolute atomic E-state index is 0.0856. The summed E-state index contributed by atoms with van der Waals surface area (Å²) < 4.78 is 4.97. The van der Waals surface area contributed by atoms with Crippen LogP contribution in [0.2, 0.25) is 0 Å². The normalized spacial score (nSPS) is 12.8. The van der Waals surface area contributed by atoms with Crippen molar-refractivity contribution in [1.82, 2.24) is 15.5 Å². The Hall–Kier alpha value is -1.39. The molecule has 0 aliphatic heterocycles. The second-order valence-electron chi connectivity index (χ2n) is 4.69. The van der Waals surface area contributed by atoms with E-state index in [1.807, 2.05) is 6.92 Å². The molecule has 1 rings (SSSR count).